The fraction of sp³-hybridized carbons (Fsp3) is 0.875. The zero-order chi connectivity index (χ0) is 26.6. The second-order valence-corrected chi connectivity index (χ2v) is 10.9. The minimum atomic E-state index is -4.39. The summed E-state index contributed by atoms with van der Waals surface area (Å²) in [7, 11) is -0.917. The van der Waals surface area contributed by atoms with Crippen LogP contribution in [0.1, 0.15) is 90.9 Å². The number of phosphoric ester groups is 1. The van der Waals surface area contributed by atoms with Gasteiger partial charge in [-0.15, -0.1) is 0 Å². The Hall–Kier alpha value is -1.32. The van der Waals surface area contributed by atoms with Crippen LogP contribution in [0.15, 0.2) is 0 Å². The fourth-order valence-corrected chi connectivity index (χ4v) is 3.95. The lowest BCUT2D eigenvalue weighted by Gasteiger charge is -2.23. The van der Waals surface area contributed by atoms with E-state index in [1.165, 1.54) is 64.6 Å². The van der Waals surface area contributed by atoms with Crippen molar-refractivity contribution in [3.05, 3.63) is 0 Å². The average Bonchev–Trinajstić information content (AvgIpc) is 2.78. The highest BCUT2D eigenvalue weighted by Crippen LogP contribution is 2.43. The Kier molecular flexibility index (Phi) is 19.1. The minimum absolute atomic E-state index is 0.109. The third-order valence-electron chi connectivity index (χ3n) is 5.44. The molecule has 0 spiro atoms. The molecule has 0 aromatic heterocycles. The van der Waals surface area contributed by atoms with Crippen molar-refractivity contribution in [1.29, 1.82) is 5.41 Å². The van der Waals surface area contributed by atoms with Crippen LogP contribution in [0.5, 0.6) is 0 Å². The Morgan fingerprint density at radius 2 is 1.49 bits per heavy atom. The first-order valence-corrected chi connectivity index (χ1v) is 14.3. The molecule has 11 heteroatoms. The van der Waals surface area contributed by atoms with E-state index in [0.29, 0.717) is 6.54 Å². The Bertz CT molecular complexity index is 645. The number of rotatable bonds is 23. The first-order valence-electron chi connectivity index (χ1n) is 12.8. The molecule has 0 bridgehead atoms. The number of carbonyl (C=O) groups excluding carboxylic acids is 2. The standard InChI is InChI=1S/C24H47N2O8P/c1-5-6-7-8-9-10-11-12-13-14-15-16-24(28)31-19-23(34-22(2)27)20-33-35(29,30)32-18-17-26(3,4)21-25/h21,23,25H,5-20H2,1-4H3/p+1/t23-/m1/s1. The van der Waals surface area contributed by atoms with Gasteiger partial charge in [0.05, 0.1) is 20.7 Å². The third kappa shape index (κ3) is 21.7. The predicted molar refractivity (Wildman–Crippen MR) is 135 cm³/mol. The maximum absolute atomic E-state index is 12.0. The molecule has 0 fully saturated rings. The van der Waals surface area contributed by atoms with Gasteiger partial charge in [-0.25, -0.2) is 4.57 Å². The van der Waals surface area contributed by atoms with Gasteiger partial charge in [0.15, 0.2) is 12.4 Å². The summed E-state index contributed by atoms with van der Waals surface area (Å²) >= 11 is 0. The molecule has 0 heterocycles. The molecule has 2 N–H and O–H groups in total. The highest BCUT2D eigenvalue weighted by Gasteiger charge is 2.26. The number of hydrogen-bond donors (Lipinski definition) is 2. The number of unbranched alkanes of at least 4 members (excludes halogenated alkanes) is 10. The SMILES string of the molecule is CCCCCCCCCCCCCC(=O)OC[C@H](COP(=O)(O)OCC[N+](C)(C)C=N)OC(C)=O. The zero-order valence-corrected chi connectivity index (χ0v) is 23.1. The van der Waals surface area contributed by atoms with Crippen LogP contribution in [0.3, 0.4) is 0 Å². The second-order valence-electron chi connectivity index (χ2n) is 9.43. The first-order chi connectivity index (χ1) is 16.5. The lowest BCUT2D eigenvalue weighted by atomic mass is 10.1. The van der Waals surface area contributed by atoms with Crippen molar-refractivity contribution < 1.29 is 42.1 Å². The van der Waals surface area contributed by atoms with E-state index in [4.69, 9.17) is 23.9 Å². The summed E-state index contributed by atoms with van der Waals surface area (Å²) in [5, 5.41) is 7.27. The summed E-state index contributed by atoms with van der Waals surface area (Å²) in [6, 6.07) is 0. The molecular formula is C24H48N2O8P+. The molecule has 0 rings (SSSR count). The molecule has 0 saturated heterocycles. The van der Waals surface area contributed by atoms with Gasteiger partial charge in [0.1, 0.15) is 19.8 Å². The number of ether oxygens (including phenoxy) is 2. The summed E-state index contributed by atoms with van der Waals surface area (Å²) in [5.74, 6) is -1.04. The van der Waals surface area contributed by atoms with E-state index in [0.717, 1.165) is 19.3 Å². The van der Waals surface area contributed by atoms with Crippen LogP contribution < -0.4 is 0 Å². The molecule has 0 aromatic carbocycles. The van der Waals surface area contributed by atoms with Gasteiger partial charge >= 0.3 is 19.8 Å². The Morgan fingerprint density at radius 1 is 0.943 bits per heavy atom. The van der Waals surface area contributed by atoms with Crippen molar-refractivity contribution in [2.24, 2.45) is 0 Å². The van der Waals surface area contributed by atoms with E-state index in [9.17, 15) is 19.0 Å². The van der Waals surface area contributed by atoms with Crippen LogP contribution >= 0.6 is 7.82 Å². The quantitative estimate of drug-likeness (QED) is 0.0479. The van der Waals surface area contributed by atoms with Crippen molar-refractivity contribution in [3.8, 4) is 0 Å². The van der Waals surface area contributed by atoms with Gasteiger partial charge in [0.25, 0.3) is 0 Å². The Morgan fingerprint density at radius 3 is 2.00 bits per heavy atom. The van der Waals surface area contributed by atoms with Gasteiger partial charge in [-0.3, -0.25) is 28.5 Å². The van der Waals surface area contributed by atoms with Crippen LogP contribution in [0.4, 0.5) is 0 Å². The lowest BCUT2D eigenvalue weighted by Crippen LogP contribution is -2.40. The maximum atomic E-state index is 12.0. The third-order valence-corrected chi connectivity index (χ3v) is 6.43. The molecule has 0 aliphatic carbocycles. The van der Waals surface area contributed by atoms with Crippen molar-refractivity contribution in [3.63, 3.8) is 0 Å². The molecule has 2 atom stereocenters. The Labute approximate surface area is 211 Å². The summed E-state index contributed by atoms with van der Waals surface area (Å²) in [5.41, 5.74) is 0. The molecular weight excluding hydrogens is 475 g/mol. The van der Waals surface area contributed by atoms with E-state index in [1.807, 2.05) is 0 Å². The number of esters is 2. The minimum Gasteiger partial charge on any atom is -0.462 e. The first kappa shape index (κ1) is 33.7. The van der Waals surface area contributed by atoms with E-state index in [1.54, 1.807) is 14.1 Å². The topological polar surface area (TPSA) is 132 Å². The van der Waals surface area contributed by atoms with E-state index in [-0.39, 0.29) is 24.1 Å². The van der Waals surface area contributed by atoms with Gasteiger partial charge in [-0.05, 0) is 6.42 Å². The fourth-order valence-electron chi connectivity index (χ4n) is 3.21. The van der Waals surface area contributed by atoms with Crippen LogP contribution in [0.2, 0.25) is 0 Å². The summed E-state index contributed by atoms with van der Waals surface area (Å²) in [4.78, 5) is 33.1. The second kappa shape index (κ2) is 19.8. The van der Waals surface area contributed by atoms with Crippen LogP contribution in [-0.4, -0.2) is 74.2 Å². The molecule has 10 nitrogen and oxygen atoms in total. The summed E-state index contributed by atoms with van der Waals surface area (Å²) in [6.45, 7) is 2.87. The average molecular weight is 524 g/mol. The molecule has 1 unspecified atom stereocenters. The molecule has 0 saturated carbocycles. The van der Waals surface area contributed by atoms with Crippen molar-refractivity contribution >= 4 is 26.1 Å². The molecule has 0 aliphatic heterocycles. The Balaban J connectivity index is 4.09. The van der Waals surface area contributed by atoms with E-state index in [2.05, 4.69) is 6.92 Å². The van der Waals surface area contributed by atoms with Crippen molar-refractivity contribution in [2.75, 3.05) is 40.5 Å². The van der Waals surface area contributed by atoms with Gasteiger partial charge in [0, 0.05) is 13.3 Å². The molecule has 0 radical (unpaired) electrons. The zero-order valence-electron chi connectivity index (χ0n) is 22.2. The lowest BCUT2D eigenvalue weighted by molar-refractivity contribution is -0.793. The summed E-state index contributed by atoms with van der Waals surface area (Å²) in [6.07, 6.45) is 13.5. The number of quaternary nitrogens is 1. The normalized spacial score (nSPS) is 14.2. The number of phosphoric acid groups is 1. The number of nitrogens with one attached hydrogen (secondary N) is 1. The number of nitrogens with zero attached hydrogens (tertiary/aromatic N) is 1. The van der Waals surface area contributed by atoms with Gasteiger partial charge in [-0.2, -0.15) is 0 Å². The van der Waals surface area contributed by atoms with Crippen molar-refractivity contribution in [2.45, 2.75) is 97.0 Å². The monoisotopic (exact) mass is 523 g/mol. The maximum Gasteiger partial charge on any atom is 0.472 e. The number of hydrogen-bond acceptors (Lipinski definition) is 8. The van der Waals surface area contributed by atoms with Crippen LogP contribution in [-0.2, 0) is 32.7 Å². The smallest absolute Gasteiger partial charge is 0.462 e. The van der Waals surface area contributed by atoms with Gasteiger partial charge in [-0.1, -0.05) is 71.1 Å². The molecule has 0 aliphatic rings. The number of likely N-dealkylation sites (N-methyl/N-ethyl adjacent to an activating group) is 1. The van der Waals surface area contributed by atoms with Crippen LogP contribution in [0.25, 0.3) is 0 Å². The molecule has 0 aromatic rings. The largest absolute Gasteiger partial charge is 0.472 e. The molecule has 206 valence electrons. The summed E-state index contributed by atoms with van der Waals surface area (Å²) < 4.78 is 32.2. The highest BCUT2D eigenvalue weighted by molar-refractivity contribution is 7.47. The molecule has 0 amide bonds. The highest BCUT2D eigenvalue weighted by atomic mass is 31.2. The van der Waals surface area contributed by atoms with E-state index < -0.39 is 32.5 Å². The van der Waals surface area contributed by atoms with E-state index >= 15 is 0 Å². The van der Waals surface area contributed by atoms with Crippen LogP contribution in [0, 0.1) is 5.41 Å². The van der Waals surface area contributed by atoms with Crippen molar-refractivity contribution in [1.82, 2.24) is 0 Å². The predicted octanol–water partition coefficient (Wildman–Crippen LogP) is 4.98. The number of carbonyl (C=O) groups is 2. The van der Waals surface area contributed by atoms with Gasteiger partial charge in [0.2, 0.25) is 0 Å². The molecule has 35 heavy (non-hydrogen) atoms. The van der Waals surface area contributed by atoms with Gasteiger partial charge < -0.3 is 14.4 Å².